The fraction of sp³-hybridized carbons (Fsp3) is 0.671. The molecule has 518 valence electrons. The Kier molecular flexibility index (Phi) is 67.3. The molecule has 0 N–H and O–H groups in total. The van der Waals surface area contributed by atoms with Crippen LogP contribution in [0, 0.1) is 0 Å². The SMILES string of the molecule is CC/C=C\C/C=C\C/C=C\C/C=C\C/C=C\C/C=C\CCCCCCCCCCCCCCCCCCCCCCC(=O)OC(COC(=O)CCCCCCCCCC/C=C\C/C=C\C/C=C\C/C=C\C/C=C\C/C=C\CC)COC(OCC[N+](C)(C)C)C(=O)[O-]. The average Bonchev–Trinajstić information content (AvgIpc) is 3.46. The van der Waals surface area contributed by atoms with Gasteiger partial charge in [0.15, 0.2) is 12.4 Å². The predicted octanol–water partition coefficient (Wildman–Crippen LogP) is 22.1. The van der Waals surface area contributed by atoms with E-state index in [0.29, 0.717) is 17.4 Å². The zero-order valence-corrected chi connectivity index (χ0v) is 59.2. The summed E-state index contributed by atoms with van der Waals surface area (Å²) < 4.78 is 22.8. The van der Waals surface area contributed by atoms with E-state index in [-0.39, 0.29) is 38.6 Å². The second-order valence-corrected chi connectivity index (χ2v) is 25.5. The molecule has 0 aromatic heterocycles. The van der Waals surface area contributed by atoms with E-state index >= 15 is 0 Å². The number of esters is 2. The topological polar surface area (TPSA) is 111 Å². The number of hydrogen-bond donors (Lipinski definition) is 0. The molecular formula is C82H137NO8. The minimum atomic E-state index is -1.63. The van der Waals surface area contributed by atoms with E-state index in [2.05, 4.69) is 160 Å². The molecule has 0 aliphatic rings. The summed E-state index contributed by atoms with van der Waals surface area (Å²) in [5, 5.41) is 11.8. The first-order valence-electron chi connectivity index (χ1n) is 37.0. The number of quaternary nitrogens is 1. The number of ether oxygens (including phenoxy) is 4. The summed E-state index contributed by atoms with van der Waals surface area (Å²) in [6.45, 7) is 4.52. The summed E-state index contributed by atoms with van der Waals surface area (Å²) >= 11 is 0. The van der Waals surface area contributed by atoms with E-state index in [9.17, 15) is 19.5 Å². The van der Waals surface area contributed by atoms with E-state index in [0.717, 1.165) is 128 Å². The lowest BCUT2D eigenvalue weighted by Gasteiger charge is -2.26. The third-order valence-electron chi connectivity index (χ3n) is 15.6. The van der Waals surface area contributed by atoms with Crippen molar-refractivity contribution in [3.8, 4) is 0 Å². The molecule has 0 radical (unpaired) electrons. The third-order valence-corrected chi connectivity index (χ3v) is 15.6. The zero-order valence-electron chi connectivity index (χ0n) is 59.2. The van der Waals surface area contributed by atoms with Gasteiger partial charge < -0.3 is 33.3 Å². The van der Waals surface area contributed by atoms with Gasteiger partial charge in [-0.15, -0.1) is 0 Å². The Morgan fingerprint density at radius 1 is 0.330 bits per heavy atom. The van der Waals surface area contributed by atoms with Crippen LogP contribution in [0.3, 0.4) is 0 Å². The molecule has 0 aliphatic carbocycles. The fourth-order valence-electron chi connectivity index (χ4n) is 10.0. The molecule has 91 heavy (non-hydrogen) atoms. The van der Waals surface area contributed by atoms with Crippen molar-refractivity contribution >= 4 is 17.9 Å². The molecular weight excluding hydrogens is 1130 g/mol. The maximum absolute atomic E-state index is 13.0. The van der Waals surface area contributed by atoms with Gasteiger partial charge >= 0.3 is 11.9 Å². The highest BCUT2D eigenvalue weighted by molar-refractivity contribution is 5.70. The van der Waals surface area contributed by atoms with E-state index in [1.807, 2.05) is 21.1 Å². The minimum absolute atomic E-state index is 0.141. The fourth-order valence-corrected chi connectivity index (χ4v) is 10.0. The highest BCUT2D eigenvalue weighted by atomic mass is 16.7. The Bertz CT molecular complexity index is 2010. The van der Waals surface area contributed by atoms with Crippen LogP contribution in [0.4, 0.5) is 0 Å². The number of hydrogen-bond acceptors (Lipinski definition) is 8. The van der Waals surface area contributed by atoms with Crippen LogP contribution in [0.1, 0.15) is 296 Å². The maximum Gasteiger partial charge on any atom is 0.306 e. The number of unbranched alkanes of at least 4 members (excludes halogenated alkanes) is 28. The molecule has 0 rings (SSSR count). The summed E-state index contributed by atoms with van der Waals surface area (Å²) in [6, 6.07) is 0. The van der Waals surface area contributed by atoms with Gasteiger partial charge in [0.2, 0.25) is 0 Å². The summed E-state index contributed by atoms with van der Waals surface area (Å²) in [4.78, 5) is 37.5. The number of nitrogens with zero attached hydrogens (tertiary/aromatic N) is 1. The Morgan fingerprint density at radius 2 is 0.593 bits per heavy atom. The molecule has 0 fully saturated rings. The molecule has 2 atom stereocenters. The Balaban J connectivity index is 4.08. The van der Waals surface area contributed by atoms with Crippen LogP contribution in [0.5, 0.6) is 0 Å². The van der Waals surface area contributed by atoms with Gasteiger partial charge in [-0.05, 0) is 116 Å². The second-order valence-electron chi connectivity index (χ2n) is 25.5. The lowest BCUT2D eigenvalue weighted by molar-refractivity contribution is -0.870. The smallest absolute Gasteiger partial charge is 0.306 e. The number of rotatable bonds is 67. The molecule has 0 heterocycles. The minimum Gasteiger partial charge on any atom is -0.545 e. The first-order chi connectivity index (χ1) is 44.6. The summed E-state index contributed by atoms with van der Waals surface area (Å²) in [7, 11) is 5.93. The summed E-state index contributed by atoms with van der Waals surface area (Å²) in [5.41, 5.74) is 0. The van der Waals surface area contributed by atoms with Gasteiger partial charge in [0.25, 0.3) is 0 Å². The number of carbonyl (C=O) groups is 3. The van der Waals surface area contributed by atoms with Gasteiger partial charge in [-0.3, -0.25) is 9.59 Å². The van der Waals surface area contributed by atoms with Crippen molar-refractivity contribution in [2.24, 2.45) is 0 Å². The van der Waals surface area contributed by atoms with Crippen LogP contribution in [0.2, 0.25) is 0 Å². The lowest BCUT2D eigenvalue weighted by Crippen LogP contribution is -2.44. The molecule has 2 unspecified atom stereocenters. The Morgan fingerprint density at radius 3 is 0.879 bits per heavy atom. The summed E-state index contributed by atoms with van der Waals surface area (Å²) in [5.74, 6) is -2.29. The van der Waals surface area contributed by atoms with Gasteiger partial charge in [-0.25, -0.2) is 0 Å². The highest BCUT2D eigenvalue weighted by Gasteiger charge is 2.22. The Labute approximate surface area is 560 Å². The largest absolute Gasteiger partial charge is 0.545 e. The van der Waals surface area contributed by atoms with Crippen LogP contribution < -0.4 is 5.11 Å². The van der Waals surface area contributed by atoms with Gasteiger partial charge in [0, 0.05) is 12.8 Å². The predicted molar refractivity (Wildman–Crippen MR) is 389 cm³/mol. The van der Waals surface area contributed by atoms with Crippen molar-refractivity contribution in [3.63, 3.8) is 0 Å². The van der Waals surface area contributed by atoms with Crippen molar-refractivity contribution in [2.45, 2.75) is 309 Å². The molecule has 0 saturated carbocycles. The number of allylic oxidation sites excluding steroid dienone is 24. The van der Waals surface area contributed by atoms with Crippen molar-refractivity contribution in [1.29, 1.82) is 0 Å². The van der Waals surface area contributed by atoms with Gasteiger partial charge in [-0.2, -0.15) is 0 Å². The summed E-state index contributed by atoms with van der Waals surface area (Å²) in [6.07, 6.45) is 101. The van der Waals surface area contributed by atoms with E-state index in [1.54, 1.807) is 0 Å². The quantitative estimate of drug-likeness (QED) is 0.0195. The van der Waals surface area contributed by atoms with Crippen LogP contribution in [0.25, 0.3) is 0 Å². The number of carboxylic acid groups (broad SMARTS) is 1. The molecule has 0 aliphatic heterocycles. The van der Waals surface area contributed by atoms with E-state index in [1.165, 1.54) is 135 Å². The van der Waals surface area contributed by atoms with Gasteiger partial charge in [-0.1, -0.05) is 314 Å². The lowest BCUT2D eigenvalue weighted by atomic mass is 10.0. The van der Waals surface area contributed by atoms with Gasteiger partial charge in [0.05, 0.1) is 40.3 Å². The number of aliphatic carboxylic acids is 1. The normalized spacial score (nSPS) is 13.5. The molecule has 0 bridgehead atoms. The van der Waals surface area contributed by atoms with E-state index in [4.69, 9.17) is 18.9 Å². The van der Waals surface area contributed by atoms with Crippen LogP contribution in [-0.2, 0) is 33.3 Å². The second kappa shape index (κ2) is 71.0. The zero-order chi connectivity index (χ0) is 66.1. The molecule has 0 aromatic carbocycles. The molecule has 9 nitrogen and oxygen atoms in total. The number of carboxylic acids is 1. The number of carbonyl (C=O) groups excluding carboxylic acids is 3. The average molecular weight is 1260 g/mol. The van der Waals surface area contributed by atoms with E-state index < -0.39 is 24.3 Å². The highest BCUT2D eigenvalue weighted by Crippen LogP contribution is 2.17. The monoisotopic (exact) mass is 1260 g/mol. The number of likely N-dealkylation sites (N-methyl/N-ethyl adjacent to an activating group) is 1. The van der Waals surface area contributed by atoms with Crippen LogP contribution >= 0.6 is 0 Å². The third kappa shape index (κ3) is 72.5. The van der Waals surface area contributed by atoms with Crippen LogP contribution in [0.15, 0.2) is 146 Å². The standard InChI is InChI=1S/C82H137NO8/c1-6-8-10-12-14-16-18-20-22-24-26-28-30-32-34-35-36-37-38-39-40-41-42-43-44-45-47-49-51-53-55-57-59-61-63-65-67-69-71-73-80(85)91-78(77-90-82(81(86)87)88-75-74-83(3,4)5)76-89-79(84)72-70-68-66-64-62-60-58-56-54-52-50-48-46-33-31-29-27-25-23-21-19-17-15-13-11-9-7-2/h8-11,14-17,20-23,26-29,32-34,36-37,46,50,52,78,82H,6-7,12-13,18-19,24-25,30-31,35,38-45,47-49,51,53-77H2,1-5H3/b10-8-,11-9-,16-14-,17-15-,22-20-,23-21-,28-26-,29-27-,34-32-,37-36-,46-33-,52-50-. The Hall–Kier alpha value is -4.83. The van der Waals surface area contributed by atoms with Crippen molar-refractivity contribution in [3.05, 3.63) is 146 Å². The van der Waals surface area contributed by atoms with Crippen LogP contribution in [-0.4, -0.2) is 82.3 Å². The molecule has 0 spiro atoms. The van der Waals surface area contributed by atoms with Gasteiger partial charge in [0.1, 0.15) is 13.2 Å². The van der Waals surface area contributed by atoms with Crippen molar-refractivity contribution < 1.29 is 42.9 Å². The first-order valence-corrected chi connectivity index (χ1v) is 37.0. The molecule has 0 amide bonds. The molecule has 0 saturated heterocycles. The molecule has 0 aromatic rings. The first kappa shape index (κ1) is 86.2. The maximum atomic E-state index is 13.0. The van der Waals surface area contributed by atoms with Crippen molar-refractivity contribution in [2.75, 3.05) is 47.5 Å². The molecule has 9 heteroatoms. The van der Waals surface area contributed by atoms with Crippen molar-refractivity contribution in [1.82, 2.24) is 0 Å².